The van der Waals surface area contributed by atoms with Crippen LogP contribution in [0, 0.1) is 11.8 Å². The highest BCUT2D eigenvalue weighted by Crippen LogP contribution is 2.24. The number of carbonyl (C=O) groups is 2. The molecule has 1 atom stereocenters. The Labute approximate surface area is 199 Å². The number of benzene rings is 1. The van der Waals surface area contributed by atoms with Gasteiger partial charge < -0.3 is 20.3 Å². The highest BCUT2D eigenvalue weighted by atomic mass is 35.5. The van der Waals surface area contributed by atoms with E-state index in [1.54, 1.807) is 0 Å². The molecule has 2 amide bonds. The number of hydrogen-bond donors (Lipinski definition) is 1. The molecule has 2 fully saturated rings. The van der Waals surface area contributed by atoms with Crippen LogP contribution in [0.2, 0.25) is 0 Å². The summed E-state index contributed by atoms with van der Waals surface area (Å²) in [6.07, 6.45) is 8.00. The second kappa shape index (κ2) is 13.7. The van der Waals surface area contributed by atoms with Crippen LogP contribution in [-0.4, -0.2) is 54.0 Å². The number of amides is 2. The maximum Gasteiger partial charge on any atom is 0.410 e. The number of nitrogens with two attached hydrogens (primary N) is 1. The van der Waals surface area contributed by atoms with Gasteiger partial charge in [-0.1, -0.05) is 56.5 Å². The van der Waals surface area contributed by atoms with Crippen LogP contribution in [-0.2, 0) is 16.1 Å². The molecule has 1 aromatic rings. The molecule has 7 heteroatoms. The lowest BCUT2D eigenvalue weighted by Gasteiger charge is -2.33. The second-order valence-corrected chi connectivity index (χ2v) is 9.18. The van der Waals surface area contributed by atoms with E-state index in [1.807, 2.05) is 40.1 Å². The van der Waals surface area contributed by atoms with E-state index in [0.717, 1.165) is 82.6 Å². The van der Waals surface area contributed by atoms with Gasteiger partial charge in [-0.05, 0) is 49.5 Å². The number of ether oxygens (including phenoxy) is 1. The van der Waals surface area contributed by atoms with Crippen molar-refractivity contribution in [3.05, 3.63) is 35.9 Å². The van der Waals surface area contributed by atoms with Gasteiger partial charge in [0.15, 0.2) is 0 Å². The average Bonchev–Trinajstić information content (AvgIpc) is 2.83. The van der Waals surface area contributed by atoms with Gasteiger partial charge in [0.25, 0.3) is 0 Å². The highest BCUT2D eigenvalue weighted by Gasteiger charge is 2.27. The molecule has 0 bridgehead atoms. The van der Waals surface area contributed by atoms with E-state index in [-0.39, 0.29) is 30.4 Å². The Balaban J connectivity index is 0.00000363. The molecule has 3 rings (SSSR count). The predicted octanol–water partition coefficient (Wildman–Crippen LogP) is 4.60. The minimum Gasteiger partial charge on any atom is -0.445 e. The third kappa shape index (κ3) is 7.96. The van der Waals surface area contributed by atoms with Crippen LogP contribution >= 0.6 is 12.4 Å². The van der Waals surface area contributed by atoms with Crippen molar-refractivity contribution < 1.29 is 14.3 Å². The minimum absolute atomic E-state index is 0. The summed E-state index contributed by atoms with van der Waals surface area (Å²) in [5.41, 5.74) is 7.22. The zero-order valence-electron chi connectivity index (χ0n) is 19.4. The number of nitrogens with zero attached hydrogens (tertiary/aromatic N) is 2. The van der Waals surface area contributed by atoms with Gasteiger partial charge in [-0.2, -0.15) is 0 Å². The van der Waals surface area contributed by atoms with Gasteiger partial charge >= 0.3 is 6.09 Å². The standard InChI is InChI=1S/C25H39N3O3.ClH/c1-2-20-11-15-27(16-12-20)24(29)23(26)10-6-9-21-13-17-28(18-14-21)25(30)31-19-22-7-4-3-5-8-22;/h3-5,7-8,20-21,23H,2,6,9-19,26H2,1H3;1H/t23-;/m0./s1. The van der Waals surface area contributed by atoms with Crippen molar-refractivity contribution in [1.82, 2.24) is 9.80 Å². The van der Waals surface area contributed by atoms with Gasteiger partial charge in [-0.15, -0.1) is 12.4 Å². The lowest BCUT2D eigenvalue weighted by Crippen LogP contribution is -2.47. The summed E-state index contributed by atoms with van der Waals surface area (Å²) in [7, 11) is 0. The van der Waals surface area contributed by atoms with Crippen LogP contribution in [0.5, 0.6) is 0 Å². The molecule has 1 aromatic carbocycles. The lowest BCUT2D eigenvalue weighted by molar-refractivity contribution is -0.134. The normalized spacial score (nSPS) is 18.7. The van der Waals surface area contributed by atoms with Crippen molar-refractivity contribution in [2.24, 2.45) is 17.6 Å². The molecule has 0 unspecified atom stereocenters. The summed E-state index contributed by atoms with van der Waals surface area (Å²) in [6, 6.07) is 9.40. The molecule has 6 nitrogen and oxygen atoms in total. The van der Waals surface area contributed by atoms with E-state index in [4.69, 9.17) is 10.5 Å². The smallest absolute Gasteiger partial charge is 0.410 e. The summed E-state index contributed by atoms with van der Waals surface area (Å²) >= 11 is 0. The Morgan fingerprint density at radius 1 is 1.00 bits per heavy atom. The molecule has 32 heavy (non-hydrogen) atoms. The molecule has 2 saturated heterocycles. The molecule has 0 spiro atoms. The van der Waals surface area contributed by atoms with E-state index >= 15 is 0 Å². The maximum atomic E-state index is 12.6. The Bertz CT molecular complexity index is 687. The average molecular weight is 466 g/mol. The van der Waals surface area contributed by atoms with E-state index in [2.05, 4.69) is 6.92 Å². The molecule has 180 valence electrons. The van der Waals surface area contributed by atoms with Crippen LogP contribution in [0.1, 0.15) is 63.9 Å². The van der Waals surface area contributed by atoms with Crippen molar-refractivity contribution in [2.75, 3.05) is 26.2 Å². The molecule has 2 aliphatic rings. The highest BCUT2D eigenvalue weighted by molar-refractivity contribution is 5.85. The fourth-order valence-corrected chi connectivity index (χ4v) is 4.76. The largest absolute Gasteiger partial charge is 0.445 e. The van der Waals surface area contributed by atoms with Gasteiger partial charge in [-0.25, -0.2) is 4.79 Å². The van der Waals surface area contributed by atoms with Crippen LogP contribution in [0.25, 0.3) is 0 Å². The van der Waals surface area contributed by atoms with Crippen LogP contribution in [0.3, 0.4) is 0 Å². The minimum atomic E-state index is -0.369. The molecule has 2 N–H and O–H groups in total. The zero-order chi connectivity index (χ0) is 22.1. The topological polar surface area (TPSA) is 75.9 Å². The number of carbonyl (C=O) groups excluding carboxylic acids is 2. The second-order valence-electron chi connectivity index (χ2n) is 9.18. The number of likely N-dealkylation sites (tertiary alicyclic amines) is 2. The van der Waals surface area contributed by atoms with Crippen LogP contribution in [0.4, 0.5) is 4.79 Å². The fraction of sp³-hybridized carbons (Fsp3) is 0.680. The van der Waals surface area contributed by atoms with E-state index in [9.17, 15) is 9.59 Å². The fourth-order valence-electron chi connectivity index (χ4n) is 4.76. The molecule has 0 aliphatic carbocycles. The van der Waals surface area contributed by atoms with Gasteiger partial charge in [-0.3, -0.25) is 4.79 Å². The lowest BCUT2D eigenvalue weighted by atomic mass is 9.90. The molecule has 0 radical (unpaired) electrons. The molecule has 2 aliphatic heterocycles. The molecular weight excluding hydrogens is 426 g/mol. The summed E-state index contributed by atoms with van der Waals surface area (Å²) in [4.78, 5) is 28.7. The molecule has 2 heterocycles. The van der Waals surface area contributed by atoms with E-state index < -0.39 is 0 Å². The van der Waals surface area contributed by atoms with Crippen molar-refractivity contribution in [3.63, 3.8) is 0 Å². The predicted molar refractivity (Wildman–Crippen MR) is 130 cm³/mol. The Hall–Kier alpha value is -1.79. The number of rotatable bonds is 8. The SMILES string of the molecule is CCC1CCN(C(=O)[C@@H](N)CCCC2CCN(C(=O)OCc3ccccc3)CC2)CC1.Cl. The number of halogens is 1. The summed E-state index contributed by atoms with van der Waals surface area (Å²) in [6.45, 7) is 5.77. The Kier molecular flexibility index (Phi) is 11.3. The summed E-state index contributed by atoms with van der Waals surface area (Å²) in [5.74, 6) is 1.49. The first-order valence-corrected chi connectivity index (χ1v) is 12.1. The maximum absolute atomic E-state index is 12.6. The third-order valence-electron chi connectivity index (χ3n) is 7.03. The van der Waals surface area contributed by atoms with E-state index in [0.29, 0.717) is 12.5 Å². The first kappa shape index (κ1) is 26.5. The quantitative estimate of drug-likeness (QED) is 0.608. The third-order valence-corrected chi connectivity index (χ3v) is 7.03. The van der Waals surface area contributed by atoms with Crippen LogP contribution < -0.4 is 5.73 Å². The van der Waals surface area contributed by atoms with E-state index in [1.165, 1.54) is 6.42 Å². The summed E-state index contributed by atoms with van der Waals surface area (Å²) < 4.78 is 5.44. The number of piperidine rings is 2. The first-order chi connectivity index (χ1) is 15.1. The van der Waals surface area contributed by atoms with Crippen molar-refractivity contribution >= 4 is 24.4 Å². The van der Waals surface area contributed by atoms with Crippen LogP contribution in [0.15, 0.2) is 30.3 Å². The summed E-state index contributed by atoms with van der Waals surface area (Å²) in [5, 5.41) is 0. The molecule has 0 aromatic heterocycles. The Morgan fingerprint density at radius 2 is 1.59 bits per heavy atom. The van der Waals surface area contributed by atoms with Crippen molar-refractivity contribution in [1.29, 1.82) is 0 Å². The van der Waals surface area contributed by atoms with Gasteiger partial charge in [0, 0.05) is 26.2 Å². The zero-order valence-corrected chi connectivity index (χ0v) is 20.2. The van der Waals surface area contributed by atoms with Crippen molar-refractivity contribution in [3.8, 4) is 0 Å². The molecule has 0 saturated carbocycles. The van der Waals surface area contributed by atoms with Gasteiger partial charge in [0.05, 0.1) is 6.04 Å². The number of hydrogen-bond acceptors (Lipinski definition) is 4. The van der Waals surface area contributed by atoms with Gasteiger partial charge in [0.2, 0.25) is 5.91 Å². The molecular formula is C25H40ClN3O3. The Morgan fingerprint density at radius 3 is 2.22 bits per heavy atom. The van der Waals surface area contributed by atoms with Gasteiger partial charge in [0.1, 0.15) is 6.61 Å². The van der Waals surface area contributed by atoms with Crippen molar-refractivity contribution in [2.45, 2.75) is 70.9 Å². The monoisotopic (exact) mass is 465 g/mol. The first-order valence-electron chi connectivity index (χ1n) is 12.1.